The molecule has 0 radical (unpaired) electrons. The van der Waals surface area contributed by atoms with Crippen molar-refractivity contribution >= 4 is 17.0 Å². The van der Waals surface area contributed by atoms with E-state index in [0.717, 1.165) is 39.9 Å². The Hall–Kier alpha value is -4.49. The first kappa shape index (κ1) is 35.3. The number of nitrogens with zero attached hydrogens (tertiary/aromatic N) is 2. The predicted octanol–water partition coefficient (Wildman–Crippen LogP) is 5.06. The average Bonchev–Trinajstić information content (AvgIpc) is 3.66. The Balaban J connectivity index is 1.15. The molecule has 50 heavy (non-hydrogen) atoms. The zero-order valence-corrected chi connectivity index (χ0v) is 27.9. The third-order valence-electron chi connectivity index (χ3n) is 8.63. The second-order valence-corrected chi connectivity index (χ2v) is 12.3. The number of rotatable bonds is 18. The van der Waals surface area contributed by atoms with Gasteiger partial charge in [-0.05, 0) is 59.9 Å². The predicted molar refractivity (Wildman–Crippen MR) is 190 cm³/mol. The fourth-order valence-electron chi connectivity index (χ4n) is 6.00. The lowest BCUT2D eigenvalue weighted by Crippen LogP contribution is -2.33. The number of fused-ring (bicyclic) bond motifs is 1. The first-order valence-electron chi connectivity index (χ1n) is 17.1. The molecule has 264 valence electrons. The SMILES string of the molecule is OCCCCOc1cc(CNc2nc3ccccc3n2[C@@H]2O[C@H](CO)[C@@H](O)[C@H]2O)ccc1-c1cccc(OCCCOCc2ccccc2)c1. The van der Waals surface area contributed by atoms with Crippen molar-refractivity contribution in [1.82, 2.24) is 9.55 Å². The van der Waals surface area contributed by atoms with E-state index in [1.807, 2.05) is 97.1 Å². The number of nitrogens with one attached hydrogen (secondary N) is 1. The summed E-state index contributed by atoms with van der Waals surface area (Å²) >= 11 is 0. The fourth-order valence-corrected chi connectivity index (χ4v) is 6.00. The summed E-state index contributed by atoms with van der Waals surface area (Å²) in [5, 5.41) is 43.6. The van der Waals surface area contributed by atoms with Gasteiger partial charge in [0.2, 0.25) is 5.95 Å². The standard InChI is InChI=1S/C39H45N3O8/c43-18-6-7-20-49-34-22-28(24-40-39-41-32-14-4-5-15-33(32)42(39)38-37(46)36(45)35(25-44)50-38)16-17-31(34)29-12-8-13-30(23-29)48-21-9-19-47-26-27-10-2-1-3-11-27/h1-5,8,10-17,22-23,35-38,43-46H,6-7,9,18-21,24-26H2,(H,40,41)/t35-,36-,37-,38-/m1/s1. The highest BCUT2D eigenvalue weighted by Crippen LogP contribution is 2.36. The van der Waals surface area contributed by atoms with Gasteiger partial charge in [-0.2, -0.15) is 0 Å². The average molecular weight is 684 g/mol. The molecule has 0 spiro atoms. The Bertz CT molecular complexity index is 1800. The summed E-state index contributed by atoms with van der Waals surface area (Å²) in [6, 6.07) is 31.5. The molecule has 4 atom stereocenters. The molecule has 0 aliphatic carbocycles. The minimum Gasteiger partial charge on any atom is -0.493 e. The molecule has 1 aliphatic rings. The van der Waals surface area contributed by atoms with Crippen LogP contribution in [0.2, 0.25) is 0 Å². The van der Waals surface area contributed by atoms with Gasteiger partial charge in [-0.15, -0.1) is 0 Å². The van der Waals surface area contributed by atoms with Crippen molar-refractivity contribution in [2.45, 2.75) is 57.0 Å². The van der Waals surface area contributed by atoms with Gasteiger partial charge in [-0.3, -0.25) is 4.57 Å². The smallest absolute Gasteiger partial charge is 0.206 e. The minimum atomic E-state index is -1.25. The lowest BCUT2D eigenvalue weighted by molar-refractivity contribution is -0.0499. The molecule has 5 N–H and O–H groups in total. The van der Waals surface area contributed by atoms with Gasteiger partial charge in [0.15, 0.2) is 6.23 Å². The number of anilines is 1. The van der Waals surface area contributed by atoms with Crippen molar-refractivity contribution in [2.75, 3.05) is 38.4 Å². The van der Waals surface area contributed by atoms with E-state index in [1.54, 1.807) is 4.57 Å². The summed E-state index contributed by atoms with van der Waals surface area (Å²) in [6.45, 7) is 2.22. The normalized spacial score (nSPS) is 18.8. The number of benzene rings is 4. The molecule has 6 rings (SSSR count). The van der Waals surface area contributed by atoms with Gasteiger partial charge in [-0.25, -0.2) is 4.98 Å². The Morgan fingerprint density at radius 2 is 1.58 bits per heavy atom. The topological polar surface area (TPSA) is 148 Å². The molecule has 1 aliphatic heterocycles. The van der Waals surface area contributed by atoms with Crippen molar-refractivity contribution in [2.24, 2.45) is 0 Å². The van der Waals surface area contributed by atoms with Crippen LogP contribution in [0.15, 0.2) is 97.1 Å². The molecule has 5 aromatic rings. The van der Waals surface area contributed by atoms with Gasteiger partial charge in [0.25, 0.3) is 0 Å². The minimum absolute atomic E-state index is 0.105. The second kappa shape index (κ2) is 17.4. The molecule has 0 amide bonds. The number of ether oxygens (including phenoxy) is 4. The molecule has 2 heterocycles. The van der Waals surface area contributed by atoms with E-state index in [2.05, 4.69) is 5.32 Å². The van der Waals surface area contributed by atoms with Crippen LogP contribution < -0.4 is 14.8 Å². The lowest BCUT2D eigenvalue weighted by Gasteiger charge is -2.20. The van der Waals surface area contributed by atoms with Crippen LogP contribution >= 0.6 is 0 Å². The molecule has 1 saturated heterocycles. The summed E-state index contributed by atoms with van der Waals surface area (Å²) in [7, 11) is 0. The maximum absolute atomic E-state index is 10.8. The van der Waals surface area contributed by atoms with Crippen molar-refractivity contribution in [3.8, 4) is 22.6 Å². The van der Waals surface area contributed by atoms with Gasteiger partial charge < -0.3 is 44.7 Å². The van der Waals surface area contributed by atoms with E-state index < -0.39 is 31.1 Å². The Labute approximate surface area is 291 Å². The van der Waals surface area contributed by atoms with Gasteiger partial charge in [0.1, 0.15) is 29.8 Å². The number of aliphatic hydroxyl groups excluding tert-OH is 4. The molecular weight excluding hydrogens is 638 g/mol. The molecule has 0 saturated carbocycles. The van der Waals surface area contributed by atoms with E-state index in [4.69, 9.17) is 23.9 Å². The number of unbranched alkanes of at least 4 members (excludes halogenated alkanes) is 1. The Morgan fingerprint density at radius 1 is 0.760 bits per heavy atom. The lowest BCUT2D eigenvalue weighted by atomic mass is 10.0. The highest BCUT2D eigenvalue weighted by molar-refractivity contribution is 5.79. The summed E-state index contributed by atoms with van der Waals surface area (Å²) < 4.78 is 25.7. The molecule has 0 bridgehead atoms. The maximum Gasteiger partial charge on any atom is 0.206 e. The van der Waals surface area contributed by atoms with Gasteiger partial charge in [-0.1, -0.05) is 66.7 Å². The number of hydrogen-bond donors (Lipinski definition) is 5. The first-order chi connectivity index (χ1) is 24.6. The van der Waals surface area contributed by atoms with Crippen LogP contribution in [0.1, 0.15) is 36.6 Å². The van der Waals surface area contributed by atoms with Crippen molar-refractivity contribution < 1.29 is 39.4 Å². The molecular formula is C39H45N3O8. The summed E-state index contributed by atoms with van der Waals surface area (Å²) in [5.41, 5.74) is 5.34. The largest absolute Gasteiger partial charge is 0.493 e. The fraction of sp³-hybridized carbons (Fsp3) is 0.359. The van der Waals surface area contributed by atoms with Crippen LogP contribution in [0.5, 0.6) is 11.5 Å². The van der Waals surface area contributed by atoms with Crippen LogP contribution in [-0.4, -0.2) is 81.3 Å². The molecule has 11 heteroatoms. The summed E-state index contributed by atoms with van der Waals surface area (Å²) in [6.07, 6.45) is -2.23. The third kappa shape index (κ3) is 8.62. The molecule has 1 aromatic heterocycles. The van der Waals surface area contributed by atoms with Gasteiger partial charge in [0, 0.05) is 25.1 Å². The van der Waals surface area contributed by atoms with Crippen LogP contribution in [0.4, 0.5) is 5.95 Å². The van der Waals surface area contributed by atoms with Crippen molar-refractivity contribution in [3.63, 3.8) is 0 Å². The summed E-state index contributed by atoms with van der Waals surface area (Å²) in [4.78, 5) is 4.74. The molecule has 11 nitrogen and oxygen atoms in total. The van der Waals surface area contributed by atoms with Crippen molar-refractivity contribution in [1.29, 1.82) is 0 Å². The quantitative estimate of drug-likeness (QED) is 0.0794. The summed E-state index contributed by atoms with van der Waals surface area (Å²) in [5.74, 6) is 1.91. The Kier molecular flexibility index (Phi) is 12.3. The monoisotopic (exact) mass is 683 g/mol. The number of para-hydroxylation sites is 2. The number of aliphatic hydroxyl groups is 4. The van der Waals surface area contributed by atoms with Gasteiger partial charge in [0.05, 0.1) is 44.1 Å². The van der Waals surface area contributed by atoms with E-state index in [1.165, 1.54) is 0 Å². The number of hydrogen-bond acceptors (Lipinski definition) is 10. The van der Waals surface area contributed by atoms with Crippen LogP contribution in [0.25, 0.3) is 22.2 Å². The van der Waals surface area contributed by atoms with Crippen molar-refractivity contribution in [3.05, 3.63) is 108 Å². The zero-order chi connectivity index (χ0) is 34.7. The van der Waals surface area contributed by atoms with Gasteiger partial charge >= 0.3 is 0 Å². The van der Waals surface area contributed by atoms with E-state index in [0.29, 0.717) is 63.0 Å². The first-order valence-corrected chi connectivity index (χ1v) is 17.1. The van der Waals surface area contributed by atoms with E-state index >= 15 is 0 Å². The van der Waals surface area contributed by atoms with E-state index in [-0.39, 0.29) is 6.61 Å². The highest BCUT2D eigenvalue weighted by Gasteiger charge is 2.44. The molecule has 4 aromatic carbocycles. The van der Waals surface area contributed by atoms with Crippen LogP contribution in [0, 0.1) is 0 Å². The zero-order valence-electron chi connectivity index (χ0n) is 27.9. The van der Waals surface area contributed by atoms with Crippen LogP contribution in [0.3, 0.4) is 0 Å². The Morgan fingerprint density at radius 3 is 2.40 bits per heavy atom. The van der Waals surface area contributed by atoms with Crippen LogP contribution in [-0.2, 0) is 22.6 Å². The molecule has 0 unspecified atom stereocenters. The second-order valence-electron chi connectivity index (χ2n) is 12.3. The molecule has 1 fully saturated rings. The third-order valence-corrected chi connectivity index (χ3v) is 8.63. The van der Waals surface area contributed by atoms with E-state index in [9.17, 15) is 20.4 Å². The highest BCUT2D eigenvalue weighted by atomic mass is 16.6. The number of imidazole rings is 1. The number of aromatic nitrogens is 2. The maximum atomic E-state index is 10.8.